The Morgan fingerprint density at radius 3 is 2.89 bits per heavy atom. The van der Waals surface area contributed by atoms with E-state index in [1.165, 1.54) is 0 Å². The fourth-order valence-corrected chi connectivity index (χ4v) is 5.76. The second-order valence-corrected chi connectivity index (χ2v) is 9.77. The Morgan fingerprint density at radius 1 is 1.20 bits per heavy atom. The topological polar surface area (TPSA) is 72.0 Å². The average molecular weight is 472 g/mol. The Morgan fingerprint density at radius 2 is 2.06 bits per heavy atom. The van der Waals surface area contributed by atoms with E-state index in [0.717, 1.165) is 53.8 Å². The Labute approximate surface area is 204 Å². The first-order valence-electron chi connectivity index (χ1n) is 12.3. The predicted octanol–water partition coefficient (Wildman–Crippen LogP) is 3.87. The Bertz CT molecular complexity index is 1350. The number of ether oxygens (including phenoxy) is 2. The van der Waals surface area contributed by atoms with Gasteiger partial charge in [0.05, 0.1) is 36.7 Å². The van der Waals surface area contributed by atoms with Crippen molar-refractivity contribution in [2.24, 2.45) is 0 Å². The third-order valence-corrected chi connectivity index (χ3v) is 7.69. The van der Waals surface area contributed by atoms with E-state index in [1.807, 2.05) is 29.2 Å². The van der Waals surface area contributed by atoms with E-state index in [4.69, 9.17) is 14.5 Å². The standard InChI is InChI=1S/C28H29N3O4/c1-3-30-12-10-23-21(16-30)26(19-6-4-5-7-22(19)29-23)27(33)31-13-11-28(17-31)15-24(32)20-14-18(34-2)8-9-25(20)35-28/h4-9,14H,3,10-13,15-17H2,1-2H3. The van der Waals surface area contributed by atoms with Gasteiger partial charge in [-0.3, -0.25) is 19.5 Å². The maximum Gasteiger partial charge on any atom is 0.255 e. The molecule has 3 aliphatic heterocycles. The number of fused-ring (bicyclic) bond motifs is 3. The fourth-order valence-electron chi connectivity index (χ4n) is 5.76. The normalized spacial score (nSPS) is 21.7. The Balaban J connectivity index is 1.34. The van der Waals surface area contributed by atoms with Crippen molar-refractivity contribution in [2.45, 2.75) is 38.3 Å². The molecule has 0 aliphatic carbocycles. The van der Waals surface area contributed by atoms with Crippen LogP contribution in [-0.4, -0.2) is 65.4 Å². The molecular weight excluding hydrogens is 442 g/mol. The molecule has 1 aromatic heterocycles. The highest BCUT2D eigenvalue weighted by atomic mass is 16.5. The number of para-hydroxylation sites is 1. The summed E-state index contributed by atoms with van der Waals surface area (Å²) in [6.45, 7) is 5.72. The zero-order chi connectivity index (χ0) is 24.2. The minimum Gasteiger partial charge on any atom is -0.497 e. The predicted molar refractivity (Wildman–Crippen MR) is 132 cm³/mol. The van der Waals surface area contributed by atoms with Gasteiger partial charge in [0, 0.05) is 49.1 Å². The molecule has 1 spiro atoms. The second kappa shape index (κ2) is 8.34. The number of aromatic nitrogens is 1. The van der Waals surface area contributed by atoms with Gasteiger partial charge in [0.15, 0.2) is 5.78 Å². The zero-order valence-corrected chi connectivity index (χ0v) is 20.2. The number of hydrogen-bond donors (Lipinski definition) is 0. The van der Waals surface area contributed by atoms with Crippen LogP contribution in [0.4, 0.5) is 0 Å². The first kappa shape index (κ1) is 22.0. The molecule has 7 nitrogen and oxygen atoms in total. The molecule has 3 aromatic rings. The lowest BCUT2D eigenvalue weighted by Crippen LogP contribution is -2.45. The third-order valence-electron chi connectivity index (χ3n) is 7.69. The smallest absolute Gasteiger partial charge is 0.255 e. The number of carbonyl (C=O) groups excluding carboxylic acids is 2. The summed E-state index contributed by atoms with van der Waals surface area (Å²) >= 11 is 0. The molecule has 0 saturated carbocycles. The average Bonchev–Trinajstić information content (AvgIpc) is 3.29. The van der Waals surface area contributed by atoms with Crippen molar-refractivity contribution in [1.82, 2.24) is 14.8 Å². The number of nitrogens with zero attached hydrogens (tertiary/aromatic N) is 3. The van der Waals surface area contributed by atoms with Crippen LogP contribution in [0.1, 0.15) is 51.7 Å². The molecule has 4 heterocycles. The minimum atomic E-state index is -0.688. The van der Waals surface area contributed by atoms with Crippen LogP contribution >= 0.6 is 0 Å². The van der Waals surface area contributed by atoms with Gasteiger partial charge < -0.3 is 14.4 Å². The number of ketones is 1. The molecule has 7 heteroatoms. The maximum atomic E-state index is 14.1. The molecule has 3 aliphatic rings. The summed E-state index contributed by atoms with van der Waals surface area (Å²) in [5.74, 6) is 1.24. The van der Waals surface area contributed by atoms with Crippen molar-refractivity contribution in [2.75, 3.05) is 33.3 Å². The molecule has 180 valence electrons. The van der Waals surface area contributed by atoms with Crippen molar-refractivity contribution in [1.29, 1.82) is 0 Å². The first-order valence-corrected chi connectivity index (χ1v) is 12.3. The van der Waals surface area contributed by atoms with Crippen molar-refractivity contribution in [3.8, 4) is 11.5 Å². The maximum absolute atomic E-state index is 14.1. The number of likely N-dealkylation sites (N-methyl/N-ethyl adjacent to an activating group) is 1. The first-order chi connectivity index (χ1) is 17.0. The lowest BCUT2D eigenvalue weighted by Gasteiger charge is -2.35. The van der Waals surface area contributed by atoms with Crippen molar-refractivity contribution < 1.29 is 19.1 Å². The number of methoxy groups -OCH3 is 1. The van der Waals surface area contributed by atoms with Gasteiger partial charge in [0.25, 0.3) is 5.91 Å². The van der Waals surface area contributed by atoms with Gasteiger partial charge in [-0.1, -0.05) is 25.1 Å². The van der Waals surface area contributed by atoms with Crippen LogP contribution in [0, 0.1) is 0 Å². The summed E-state index contributed by atoms with van der Waals surface area (Å²) in [5, 5.41) is 0.897. The largest absolute Gasteiger partial charge is 0.497 e. The molecule has 35 heavy (non-hydrogen) atoms. The van der Waals surface area contributed by atoms with Crippen LogP contribution in [0.25, 0.3) is 10.9 Å². The summed E-state index contributed by atoms with van der Waals surface area (Å²) in [5.41, 5.74) is 3.55. The highest BCUT2D eigenvalue weighted by Crippen LogP contribution is 2.41. The van der Waals surface area contributed by atoms with Crippen LogP contribution in [0.3, 0.4) is 0 Å². The van der Waals surface area contributed by atoms with Gasteiger partial charge in [0.2, 0.25) is 0 Å². The van der Waals surface area contributed by atoms with Crippen LogP contribution in [0.2, 0.25) is 0 Å². The Kier molecular flexibility index (Phi) is 5.25. The second-order valence-electron chi connectivity index (χ2n) is 9.77. The molecule has 0 radical (unpaired) electrons. The van der Waals surface area contributed by atoms with E-state index >= 15 is 0 Å². The van der Waals surface area contributed by atoms with E-state index in [-0.39, 0.29) is 18.1 Å². The van der Waals surface area contributed by atoms with Crippen molar-refractivity contribution in [3.63, 3.8) is 0 Å². The number of rotatable bonds is 3. The van der Waals surface area contributed by atoms with Crippen LogP contribution in [-0.2, 0) is 13.0 Å². The quantitative estimate of drug-likeness (QED) is 0.578. The number of likely N-dealkylation sites (tertiary alicyclic amines) is 1. The summed E-state index contributed by atoms with van der Waals surface area (Å²) in [4.78, 5) is 36.3. The Hall–Kier alpha value is -3.45. The molecule has 0 bridgehead atoms. The van der Waals surface area contributed by atoms with Crippen LogP contribution in [0.5, 0.6) is 11.5 Å². The van der Waals surface area contributed by atoms with Gasteiger partial charge >= 0.3 is 0 Å². The number of amides is 1. The molecule has 1 saturated heterocycles. The molecule has 2 aromatic carbocycles. The highest BCUT2D eigenvalue weighted by molar-refractivity contribution is 6.08. The fraction of sp³-hybridized carbons (Fsp3) is 0.393. The number of Topliss-reactive ketones (excluding diaryl/α,β-unsaturated/α-hetero) is 1. The van der Waals surface area contributed by atoms with Gasteiger partial charge in [-0.2, -0.15) is 0 Å². The SMILES string of the molecule is CCN1CCc2nc3ccccc3c(C(=O)N3CCC4(CC(=O)c5cc(OC)ccc5O4)C3)c2C1. The van der Waals surface area contributed by atoms with Crippen LogP contribution < -0.4 is 9.47 Å². The lowest BCUT2D eigenvalue weighted by atomic mass is 9.89. The third kappa shape index (κ3) is 3.65. The summed E-state index contributed by atoms with van der Waals surface area (Å²) < 4.78 is 11.7. The van der Waals surface area contributed by atoms with E-state index < -0.39 is 5.60 Å². The van der Waals surface area contributed by atoms with E-state index in [9.17, 15) is 9.59 Å². The number of carbonyl (C=O) groups is 2. The van der Waals surface area contributed by atoms with E-state index in [0.29, 0.717) is 36.6 Å². The molecular formula is C28H29N3O4. The van der Waals surface area contributed by atoms with Gasteiger partial charge in [-0.25, -0.2) is 0 Å². The summed E-state index contributed by atoms with van der Waals surface area (Å²) in [6, 6.07) is 13.2. The molecule has 1 fully saturated rings. The van der Waals surface area contributed by atoms with E-state index in [2.05, 4.69) is 11.8 Å². The monoisotopic (exact) mass is 471 g/mol. The number of pyridine rings is 1. The number of hydrogen-bond acceptors (Lipinski definition) is 6. The number of benzene rings is 2. The molecule has 1 amide bonds. The van der Waals surface area contributed by atoms with Crippen LogP contribution in [0.15, 0.2) is 42.5 Å². The molecule has 1 atom stereocenters. The zero-order valence-electron chi connectivity index (χ0n) is 20.2. The molecule has 0 N–H and O–H groups in total. The molecule has 1 unspecified atom stereocenters. The minimum absolute atomic E-state index is 0.00579. The van der Waals surface area contributed by atoms with E-state index in [1.54, 1.807) is 25.3 Å². The molecule has 6 rings (SSSR count). The highest BCUT2D eigenvalue weighted by Gasteiger charge is 2.47. The summed E-state index contributed by atoms with van der Waals surface area (Å²) in [7, 11) is 1.58. The van der Waals surface area contributed by atoms with Gasteiger partial charge in [-0.05, 0) is 30.8 Å². The summed E-state index contributed by atoms with van der Waals surface area (Å²) in [6.07, 6.45) is 1.73. The van der Waals surface area contributed by atoms with Gasteiger partial charge in [-0.15, -0.1) is 0 Å². The van der Waals surface area contributed by atoms with Gasteiger partial charge in [0.1, 0.15) is 17.1 Å². The van der Waals surface area contributed by atoms with Crippen molar-refractivity contribution in [3.05, 3.63) is 64.8 Å². The van der Waals surface area contributed by atoms with Crippen molar-refractivity contribution >= 4 is 22.6 Å². The lowest BCUT2D eigenvalue weighted by molar-refractivity contribution is 0.0427.